The van der Waals surface area contributed by atoms with Crippen molar-refractivity contribution in [3.8, 4) is 0 Å². The number of ether oxygens (including phenoxy) is 2. The summed E-state index contributed by atoms with van der Waals surface area (Å²) >= 11 is 0. The molecule has 1 aliphatic rings. The predicted octanol–water partition coefficient (Wildman–Crippen LogP) is 6.34. The molecule has 3 rings (SSSR count). The van der Waals surface area contributed by atoms with Gasteiger partial charge in [-0.05, 0) is 74.6 Å². The Hall–Kier alpha value is -3.67. The number of hydrogen-bond acceptors (Lipinski definition) is 5. The Labute approximate surface area is 220 Å². The number of methoxy groups -OCH3 is 1. The minimum absolute atomic E-state index is 0.0130. The van der Waals surface area contributed by atoms with Gasteiger partial charge in [0.2, 0.25) is 5.91 Å². The molecular weight excluding hydrogens is 466 g/mol. The van der Waals surface area contributed by atoms with Crippen LogP contribution in [-0.2, 0) is 30.4 Å². The number of carbonyl (C=O) groups excluding carboxylic acids is 3. The number of carbonyl (C=O) groups is 3. The standard InChI is InChI=1S/C31H37NO5/c1-31(2,3)37-29(34)20-17-23-13-15-25(16-14-23)22-32(30(35)26-10-6-5-7-11-26)27-12-8-9-24(21-27)18-19-28(33)36-4/h8-9,12-21,26H,5-7,10-11,22H2,1-4H3/b19-18+,20-17+. The molecular formula is C31H37NO5. The van der Waals surface area contributed by atoms with E-state index in [4.69, 9.17) is 4.74 Å². The molecule has 0 saturated heterocycles. The molecule has 6 heteroatoms. The van der Waals surface area contributed by atoms with Crippen molar-refractivity contribution in [1.82, 2.24) is 0 Å². The van der Waals surface area contributed by atoms with E-state index in [2.05, 4.69) is 4.74 Å². The highest BCUT2D eigenvalue weighted by Gasteiger charge is 2.27. The van der Waals surface area contributed by atoms with Crippen LogP contribution >= 0.6 is 0 Å². The van der Waals surface area contributed by atoms with E-state index >= 15 is 0 Å². The van der Waals surface area contributed by atoms with Gasteiger partial charge in [-0.3, -0.25) is 4.79 Å². The van der Waals surface area contributed by atoms with Crippen LogP contribution in [0.3, 0.4) is 0 Å². The molecule has 1 fully saturated rings. The summed E-state index contributed by atoms with van der Waals surface area (Å²) in [5.41, 5.74) is 2.92. The van der Waals surface area contributed by atoms with Crippen molar-refractivity contribution in [1.29, 1.82) is 0 Å². The lowest BCUT2D eigenvalue weighted by Crippen LogP contribution is -2.36. The molecule has 1 amide bonds. The first kappa shape index (κ1) is 27.9. The summed E-state index contributed by atoms with van der Waals surface area (Å²) in [7, 11) is 1.34. The van der Waals surface area contributed by atoms with Crippen LogP contribution in [-0.4, -0.2) is 30.6 Å². The van der Waals surface area contributed by atoms with Crippen LogP contribution < -0.4 is 4.90 Å². The third-order valence-corrected chi connectivity index (χ3v) is 6.15. The van der Waals surface area contributed by atoms with Crippen molar-refractivity contribution in [2.45, 2.75) is 65.0 Å². The lowest BCUT2D eigenvalue weighted by atomic mass is 9.88. The average Bonchev–Trinajstić information content (AvgIpc) is 2.89. The highest BCUT2D eigenvalue weighted by Crippen LogP contribution is 2.29. The van der Waals surface area contributed by atoms with Gasteiger partial charge in [-0.15, -0.1) is 0 Å². The maximum absolute atomic E-state index is 13.7. The maximum Gasteiger partial charge on any atom is 0.331 e. The van der Waals surface area contributed by atoms with Gasteiger partial charge < -0.3 is 14.4 Å². The average molecular weight is 504 g/mol. The highest BCUT2D eigenvalue weighted by atomic mass is 16.6. The second-order valence-electron chi connectivity index (χ2n) is 10.3. The molecule has 1 aliphatic carbocycles. The number of benzene rings is 2. The number of amides is 1. The quantitative estimate of drug-likeness (QED) is 0.310. The lowest BCUT2D eigenvalue weighted by Gasteiger charge is -2.30. The van der Waals surface area contributed by atoms with E-state index in [0.717, 1.165) is 48.1 Å². The zero-order chi connectivity index (χ0) is 26.8. The second-order valence-corrected chi connectivity index (χ2v) is 10.3. The number of anilines is 1. The lowest BCUT2D eigenvalue weighted by molar-refractivity contribution is -0.148. The third-order valence-electron chi connectivity index (χ3n) is 6.15. The monoisotopic (exact) mass is 503 g/mol. The number of nitrogens with zero attached hydrogens (tertiary/aromatic N) is 1. The summed E-state index contributed by atoms with van der Waals surface area (Å²) in [6, 6.07) is 15.4. The first-order chi connectivity index (χ1) is 17.6. The molecule has 0 radical (unpaired) electrons. The molecule has 0 spiro atoms. The van der Waals surface area contributed by atoms with Crippen LogP contribution in [0.5, 0.6) is 0 Å². The fourth-order valence-corrected chi connectivity index (χ4v) is 4.31. The first-order valence-electron chi connectivity index (χ1n) is 12.8. The Morgan fingerprint density at radius 2 is 1.54 bits per heavy atom. The van der Waals surface area contributed by atoms with Crippen molar-refractivity contribution >= 4 is 35.7 Å². The van der Waals surface area contributed by atoms with E-state index in [-0.39, 0.29) is 17.8 Å². The fraction of sp³-hybridized carbons (Fsp3) is 0.387. The summed E-state index contributed by atoms with van der Waals surface area (Å²) in [6.07, 6.45) is 11.3. The smallest absolute Gasteiger partial charge is 0.331 e. The van der Waals surface area contributed by atoms with Gasteiger partial charge in [-0.2, -0.15) is 0 Å². The molecule has 0 aliphatic heterocycles. The Morgan fingerprint density at radius 3 is 2.19 bits per heavy atom. The van der Waals surface area contributed by atoms with Gasteiger partial charge >= 0.3 is 11.9 Å². The van der Waals surface area contributed by atoms with Crippen molar-refractivity contribution in [2.75, 3.05) is 12.0 Å². The molecule has 0 atom stereocenters. The van der Waals surface area contributed by atoms with Crippen LogP contribution in [0.1, 0.15) is 69.6 Å². The number of hydrogen-bond donors (Lipinski definition) is 0. The first-order valence-corrected chi connectivity index (χ1v) is 12.8. The van der Waals surface area contributed by atoms with Gasteiger partial charge in [0.25, 0.3) is 0 Å². The summed E-state index contributed by atoms with van der Waals surface area (Å²) in [4.78, 5) is 39.0. The van der Waals surface area contributed by atoms with Crippen molar-refractivity contribution in [2.24, 2.45) is 5.92 Å². The largest absolute Gasteiger partial charge is 0.466 e. The number of rotatable bonds is 8. The SMILES string of the molecule is COC(=O)/C=C/c1cccc(N(Cc2ccc(/C=C/C(=O)OC(C)(C)C)cc2)C(=O)C2CCCCC2)c1. The molecule has 0 unspecified atom stereocenters. The zero-order valence-electron chi connectivity index (χ0n) is 22.2. The molecule has 0 heterocycles. The molecule has 196 valence electrons. The van der Waals surface area contributed by atoms with E-state index in [9.17, 15) is 14.4 Å². The molecule has 2 aromatic rings. The minimum atomic E-state index is -0.536. The molecule has 1 saturated carbocycles. The zero-order valence-corrected chi connectivity index (χ0v) is 22.2. The van der Waals surface area contributed by atoms with Gasteiger partial charge in [0, 0.05) is 23.8 Å². The topological polar surface area (TPSA) is 72.9 Å². The van der Waals surface area contributed by atoms with Crippen molar-refractivity contribution in [3.05, 3.63) is 77.4 Å². The van der Waals surface area contributed by atoms with Crippen molar-refractivity contribution in [3.63, 3.8) is 0 Å². The fourth-order valence-electron chi connectivity index (χ4n) is 4.31. The van der Waals surface area contributed by atoms with E-state index in [1.165, 1.54) is 25.7 Å². The van der Waals surface area contributed by atoms with E-state index in [1.54, 1.807) is 12.2 Å². The van der Waals surface area contributed by atoms with Gasteiger partial charge in [0.1, 0.15) is 5.60 Å². The van der Waals surface area contributed by atoms with Gasteiger partial charge in [0.05, 0.1) is 13.7 Å². The van der Waals surface area contributed by atoms with Gasteiger partial charge in [-0.1, -0.05) is 55.7 Å². The number of esters is 2. The van der Waals surface area contributed by atoms with Crippen LogP contribution in [0.25, 0.3) is 12.2 Å². The second kappa shape index (κ2) is 13.0. The summed E-state index contributed by atoms with van der Waals surface area (Å²) in [6.45, 7) is 5.92. The predicted molar refractivity (Wildman–Crippen MR) is 147 cm³/mol. The highest BCUT2D eigenvalue weighted by molar-refractivity contribution is 5.95. The minimum Gasteiger partial charge on any atom is -0.466 e. The van der Waals surface area contributed by atoms with Gasteiger partial charge in [0.15, 0.2) is 0 Å². The Kier molecular flexibility index (Phi) is 9.84. The third kappa shape index (κ3) is 9.05. The molecule has 6 nitrogen and oxygen atoms in total. The van der Waals surface area contributed by atoms with Crippen molar-refractivity contribution < 1.29 is 23.9 Å². The van der Waals surface area contributed by atoms with Crippen LogP contribution in [0.2, 0.25) is 0 Å². The molecule has 0 bridgehead atoms. The van der Waals surface area contributed by atoms with E-state index < -0.39 is 11.6 Å². The Balaban J connectivity index is 1.81. The summed E-state index contributed by atoms with van der Waals surface area (Å²) in [5, 5.41) is 0. The normalized spacial score (nSPS) is 14.6. The van der Waals surface area contributed by atoms with Crippen LogP contribution in [0.15, 0.2) is 60.7 Å². The molecule has 37 heavy (non-hydrogen) atoms. The van der Waals surface area contributed by atoms with E-state index in [1.807, 2.05) is 74.2 Å². The van der Waals surface area contributed by atoms with Gasteiger partial charge in [-0.25, -0.2) is 9.59 Å². The molecule has 0 aromatic heterocycles. The Bertz CT molecular complexity index is 1130. The van der Waals surface area contributed by atoms with Crippen LogP contribution in [0.4, 0.5) is 5.69 Å². The summed E-state index contributed by atoms with van der Waals surface area (Å²) in [5.74, 6) is -0.676. The molecule has 2 aromatic carbocycles. The summed E-state index contributed by atoms with van der Waals surface area (Å²) < 4.78 is 10.0. The van der Waals surface area contributed by atoms with E-state index in [0.29, 0.717) is 6.54 Å². The Morgan fingerprint density at radius 1 is 0.892 bits per heavy atom. The molecule has 0 N–H and O–H groups in total. The van der Waals surface area contributed by atoms with Crippen LogP contribution in [0, 0.1) is 5.92 Å². The maximum atomic E-state index is 13.7.